The summed E-state index contributed by atoms with van der Waals surface area (Å²) in [6.45, 7) is 4.68. The molecule has 0 saturated carbocycles. The minimum Gasteiger partial charge on any atom is -0.457 e. The number of nitrogens with two attached hydrogens (primary N) is 1. The highest BCUT2D eigenvalue weighted by Crippen LogP contribution is 2.43. The van der Waals surface area contributed by atoms with Crippen molar-refractivity contribution in [1.29, 1.82) is 0 Å². The Morgan fingerprint density at radius 3 is 2.00 bits per heavy atom. The number of phosphoric acid groups is 1. The Hall–Kier alpha value is -1.28. The minimum atomic E-state index is -4.25. The molecule has 0 bridgehead atoms. The van der Waals surface area contributed by atoms with Gasteiger partial charge in [0, 0.05) is 19.6 Å². The summed E-state index contributed by atoms with van der Waals surface area (Å²) in [4.78, 5) is 22.0. The smallest absolute Gasteiger partial charge is 0.457 e. The molecular weight excluding hydrogens is 553 g/mol. The normalized spacial score (nSPS) is 14.3. The van der Waals surface area contributed by atoms with Gasteiger partial charge in [0.2, 0.25) is 0 Å². The van der Waals surface area contributed by atoms with Gasteiger partial charge >= 0.3 is 13.8 Å². The van der Waals surface area contributed by atoms with Crippen LogP contribution in [-0.2, 0) is 27.9 Å². The van der Waals surface area contributed by atoms with Crippen molar-refractivity contribution < 1.29 is 32.8 Å². The third-order valence-corrected chi connectivity index (χ3v) is 7.56. The van der Waals surface area contributed by atoms with Gasteiger partial charge in [0.25, 0.3) is 0 Å². The van der Waals surface area contributed by atoms with Crippen LogP contribution in [0.4, 0.5) is 0 Å². The zero-order chi connectivity index (χ0) is 31.0. The average molecular weight is 616 g/mol. The number of hydrogen-bond acceptors (Lipinski definition) is 7. The van der Waals surface area contributed by atoms with E-state index in [0.717, 1.165) is 70.6 Å². The first kappa shape index (κ1) is 40.7. The van der Waals surface area contributed by atoms with E-state index in [0.29, 0.717) is 13.0 Å². The summed E-state index contributed by atoms with van der Waals surface area (Å²) in [6.07, 6.45) is 31.9. The molecule has 42 heavy (non-hydrogen) atoms. The monoisotopic (exact) mass is 615 g/mol. The standard InChI is InChI=1S/C33H62NO7P/c1-3-5-7-9-10-11-12-13-14-15-16-17-18-19-20-21-23-25-28-38-30-32(31-40-42(36,37)39-29-27-34)41-33(35)26-24-22-8-6-4-2/h5,7,10-11,13-14,32H,3-4,6,8-9,12,15-31,34H2,1-2H3,(H,36,37)/b7-5-,11-10-,14-13-. The molecule has 0 aliphatic heterocycles. The van der Waals surface area contributed by atoms with E-state index in [1.165, 1.54) is 38.5 Å². The van der Waals surface area contributed by atoms with Crippen molar-refractivity contribution in [2.75, 3.05) is 33.0 Å². The molecule has 8 nitrogen and oxygen atoms in total. The van der Waals surface area contributed by atoms with Gasteiger partial charge in [-0.2, -0.15) is 0 Å². The fourth-order valence-corrected chi connectivity index (χ4v) is 4.95. The van der Waals surface area contributed by atoms with Crippen molar-refractivity contribution in [2.45, 2.75) is 136 Å². The summed E-state index contributed by atoms with van der Waals surface area (Å²) < 4.78 is 32.9. The maximum Gasteiger partial charge on any atom is 0.472 e. The maximum atomic E-state index is 12.3. The van der Waals surface area contributed by atoms with Crippen LogP contribution in [0.3, 0.4) is 0 Å². The van der Waals surface area contributed by atoms with Crippen molar-refractivity contribution >= 4 is 13.8 Å². The number of esters is 1. The van der Waals surface area contributed by atoms with Crippen LogP contribution in [0, 0.1) is 0 Å². The molecule has 246 valence electrons. The molecule has 9 heteroatoms. The van der Waals surface area contributed by atoms with Gasteiger partial charge in [-0.15, -0.1) is 0 Å². The molecule has 0 spiro atoms. The Morgan fingerprint density at radius 1 is 0.738 bits per heavy atom. The molecule has 0 aliphatic rings. The van der Waals surface area contributed by atoms with Crippen LogP contribution in [0.15, 0.2) is 36.5 Å². The van der Waals surface area contributed by atoms with Gasteiger partial charge in [-0.25, -0.2) is 4.57 Å². The second-order valence-corrected chi connectivity index (χ2v) is 12.1. The molecule has 0 heterocycles. The van der Waals surface area contributed by atoms with E-state index in [2.05, 4.69) is 50.3 Å². The molecule has 0 aromatic carbocycles. The lowest BCUT2D eigenvalue weighted by atomic mass is 10.1. The molecule has 0 aromatic heterocycles. The van der Waals surface area contributed by atoms with Crippen LogP contribution in [-0.4, -0.2) is 49.9 Å². The molecule has 0 saturated heterocycles. The molecular formula is C33H62NO7P. The number of allylic oxidation sites excluding steroid dienone is 6. The van der Waals surface area contributed by atoms with E-state index in [4.69, 9.17) is 24.3 Å². The SMILES string of the molecule is CC/C=C\C/C=C\C/C=C\CCCCCCCCCCOCC(COP(=O)(O)OCCN)OC(=O)CCCCCCC. The van der Waals surface area contributed by atoms with Crippen LogP contribution < -0.4 is 5.73 Å². The second kappa shape index (κ2) is 31.2. The maximum absolute atomic E-state index is 12.3. The number of carbonyl (C=O) groups is 1. The largest absolute Gasteiger partial charge is 0.472 e. The van der Waals surface area contributed by atoms with E-state index in [9.17, 15) is 14.3 Å². The lowest BCUT2D eigenvalue weighted by Gasteiger charge is -2.20. The van der Waals surface area contributed by atoms with Gasteiger partial charge in [0.1, 0.15) is 6.10 Å². The second-order valence-electron chi connectivity index (χ2n) is 10.6. The molecule has 0 aromatic rings. The lowest BCUT2D eigenvalue weighted by Crippen LogP contribution is -2.28. The summed E-state index contributed by atoms with van der Waals surface area (Å²) >= 11 is 0. The van der Waals surface area contributed by atoms with Gasteiger partial charge in [-0.3, -0.25) is 13.8 Å². The topological polar surface area (TPSA) is 117 Å². The quantitative estimate of drug-likeness (QED) is 0.0344. The molecule has 0 rings (SSSR count). The molecule has 2 unspecified atom stereocenters. The van der Waals surface area contributed by atoms with E-state index in [1.54, 1.807) is 0 Å². The highest BCUT2D eigenvalue weighted by Gasteiger charge is 2.25. The van der Waals surface area contributed by atoms with Crippen LogP contribution in [0.2, 0.25) is 0 Å². The predicted octanol–water partition coefficient (Wildman–Crippen LogP) is 8.74. The van der Waals surface area contributed by atoms with Gasteiger partial charge in [-0.1, -0.05) is 115 Å². The third kappa shape index (κ3) is 30.2. The summed E-state index contributed by atoms with van der Waals surface area (Å²) in [7, 11) is -4.25. The van der Waals surface area contributed by atoms with Crippen LogP contribution in [0.25, 0.3) is 0 Å². The summed E-state index contributed by atoms with van der Waals surface area (Å²) in [6, 6.07) is 0. The fraction of sp³-hybridized carbons (Fsp3) is 0.788. The molecule has 0 radical (unpaired) electrons. The van der Waals surface area contributed by atoms with Crippen LogP contribution >= 0.6 is 7.82 Å². The highest BCUT2D eigenvalue weighted by atomic mass is 31.2. The number of hydrogen-bond donors (Lipinski definition) is 2. The van der Waals surface area contributed by atoms with Crippen molar-refractivity contribution in [2.24, 2.45) is 5.73 Å². The van der Waals surface area contributed by atoms with Crippen molar-refractivity contribution in [3.8, 4) is 0 Å². The van der Waals surface area contributed by atoms with E-state index >= 15 is 0 Å². The Morgan fingerprint density at radius 2 is 1.33 bits per heavy atom. The number of rotatable bonds is 31. The van der Waals surface area contributed by atoms with Gasteiger partial charge in [-0.05, 0) is 44.9 Å². The number of ether oxygens (including phenoxy) is 2. The number of unbranched alkanes of at least 4 members (excludes halogenated alkanes) is 12. The van der Waals surface area contributed by atoms with E-state index in [1.807, 2.05) is 0 Å². The Balaban J connectivity index is 3.98. The first-order valence-corrected chi connectivity index (χ1v) is 18.0. The Bertz CT molecular complexity index is 742. The van der Waals surface area contributed by atoms with Crippen LogP contribution in [0.5, 0.6) is 0 Å². The van der Waals surface area contributed by atoms with E-state index < -0.39 is 13.9 Å². The average Bonchev–Trinajstić information content (AvgIpc) is 2.97. The zero-order valence-electron chi connectivity index (χ0n) is 26.7. The number of phosphoric ester groups is 1. The molecule has 0 amide bonds. The van der Waals surface area contributed by atoms with Crippen LogP contribution in [0.1, 0.15) is 129 Å². The lowest BCUT2D eigenvalue weighted by molar-refractivity contribution is -0.154. The van der Waals surface area contributed by atoms with Crippen molar-refractivity contribution in [3.05, 3.63) is 36.5 Å². The molecule has 0 aliphatic carbocycles. The highest BCUT2D eigenvalue weighted by molar-refractivity contribution is 7.47. The first-order valence-electron chi connectivity index (χ1n) is 16.5. The predicted molar refractivity (Wildman–Crippen MR) is 173 cm³/mol. The summed E-state index contributed by atoms with van der Waals surface area (Å²) in [5, 5.41) is 0. The first-order chi connectivity index (χ1) is 20.4. The van der Waals surface area contributed by atoms with Crippen molar-refractivity contribution in [1.82, 2.24) is 0 Å². The summed E-state index contributed by atoms with van der Waals surface area (Å²) in [5.41, 5.74) is 5.31. The number of carbonyl (C=O) groups excluding carboxylic acids is 1. The molecule has 2 atom stereocenters. The minimum absolute atomic E-state index is 0.0976. The fourth-order valence-electron chi connectivity index (χ4n) is 4.18. The molecule has 0 fully saturated rings. The van der Waals surface area contributed by atoms with Gasteiger partial charge in [0.15, 0.2) is 0 Å². The summed E-state index contributed by atoms with van der Waals surface area (Å²) in [5.74, 6) is -0.349. The zero-order valence-corrected chi connectivity index (χ0v) is 27.6. The molecule has 3 N–H and O–H groups in total. The van der Waals surface area contributed by atoms with E-state index in [-0.39, 0.29) is 32.3 Å². The Labute approximate surface area is 257 Å². The van der Waals surface area contributed by atoms with Crippen molar-refractivity contribution in [3.63, 3.8) is 0 Å². The third-order valence-electron chi connectivity index (χ3n) is 6.57. The Kier molecular flexibility index (Phi) is 30.2. The van der Waals surface area contributed by atoms with Gasteiger partial charge in [0.05, 0.1) is 19.8 Å². The van der Waals surface area contributed by atoms with Gasteiger partial charge < -0.3 is 20.1 Å².